The zero-order chi connectivity index (χ0) is 19.7. The summed E-state index contributed by atoms with van der Waals surface area (Å²) in [7, 11) is 0. The fourth-order valence-corrected chi connectivity index (χ4v) is 3.27. The van der Waals surface area contributed by atoms with Crippen LogP contribution in [0.3, 0.4) is 0 Å². The van der Waals surface area contributed by atoms with Crippen LogP contribution in [0, 0.1) is 23.2 Å². The van der Waals surface area contributed by atoms with Gasteiger partial charge in [-0.1, -0.05) is 27.7 Å². The molecule has 1 aromatic rings. The van der Waals surface area contributed by atoms with E-state index in [2.05, 4.69) is 39.1 Å². The first-order valence-electron chi connectivity index (χ1n) is 9.40. The SMILES string of the molecule is CCOc1ccc(NC(=O)C(CC(C)C)(CC(C)C)OCC)cc1C#N. The van der Waals surface area contributed by atoms with Gasteiger partial charge in [-0.3, -0.25) is 4.79 Å². The molecule has 0 aliphatic carbocycles. The van der Waals surface area contributed by atoms with E-state index in [-0.39, 0.29) is 5.91 Å². The quantitative estimate of drug-likeness (QED) is 0.653. The number of amides is 1. The Balaban J connectivity index is 3.13. The van der Waals surface area contributed by atoms with Crippen molar-refractivity contribution in [3.05, 3.63) is 23.8 Å². The number of ether oxygens (including phenoxy) is 2. The van der Waals surface area contributed by atoms with Gasteiger partial charge in [0.1, 0.15) is 17.4 Å². The Labute approximate surface area is 157 Å². The maximum atomic E-state index is 13.2. The number of nitrogens with one attached hydrogen (secondary N) is 1. The number of benzene rings is 1. The van der Waals surface area contributed by atoms with E-state index in [1.54, 1.807) is 18.2 Å². The molecule has 0 aliphatic rings. The van der Waals surface area contributed by atoms with Crippen molar-refractivity contribution in [2.75, 3.05) is 18.5 Å². The summed E-state index contributed by atoms with van der Waals surface area (Å²) < 4.78 is 11.4. The summed E-state index contributed by atoms with van der Waals surface area (Å²) in [5.74, 6) is 1.00. The van der Waals surface area contributed by atoms with Crippen LogP contribution in [0.25, 0.3) is 0 Å². The second-order valence-electron chi connectivity index (χ2n) is 7.33. The van der Waals surface area contributed by atoms with Crippen molar-refractivity contribution in [3.8, 4) is 11.8 Å². The average Bonchev–Trinajstić information content (AvgIpc) is 2.55. The van der Waals surface area contributed by atoms with Gasteiger partial charge >= 0.3 is 0 Å². The van der Waals surface area contributed by atoms with Gasteiger partial charge in [0.2, 0.25) is 0 Å². The molecule has 0 unspecified atom stereocenters. The lowest BCUT2D eigenvalue weighted by atomic mass is 9.83. The van der Waals surface area contributed by atoms with Gasteiger partial charge in [-0.15, -0.1) is 0 Å². The minimum absolute atomic E-state index is 0.158. The Hall–Kier alpha value is -2.06. The van der Waals surface area contributed by atoms with Crippen LogP contribution in [0.2, 0.25) is 0 Å². The van der Waals surface area contributed by atoms with Gasteiger partial charge in [0.05, 0.1) is 12.2 Å². The van der Waals surface area contributed by atoms with Crippen molar-refractivity contribution in [1.29, 1.82) is 5.26 Å². The van der Waals surface area contributed by atoms with E-state index >= 15 is 0 Å². The second kappa shape index (κ2) is 10.2. The number of rotatable bonds is 10. The van der Waals surface area contributed by atoms with Crippen molar-refractivity contribution in [2.24, 2.45) is 11.8 Å². The monoisotopic (exact) mass is 360 g/mol. The molecule has 1 rings (SSSR count). The lowest BCUT2D eigenvalue weighted by molar-refractivity contribution is -0.146. The Morgan fingerprint density at radius 3 is 2.23 bits per heavy atom. The number of carbonyl (C=O) groups excluding carboxylic acids is 1. The van der Waals surface area contributed by atoms with Crippen LogP contribution in [0.1, 0.15) is 59.9 Å². The highest BCUT2D eigenvalue weighted by Crippen LogP contribution is 2.31. The molecule has 1 N–H and O–H groups in total. The van der Waals surface area contributed by atoms with Crippen molar-refractivity contribution in [1.82, 2.24) is 0 Å². The Bertz CT molecular complexity index is 623. The molecule has 0 heterocycles. The van der Waals surface area contributed by atoms with Crippen molar-refractivity contribution in [2.45, 2.75) is 60.0 Å². The van der Waals surface area contributed by atoms with Gasteiger partial charge in [0.15, 0.2) is 0 Å². The summed E-state index contributed by atoms with van der Waals surface area (Å²) in [6.45, 7) is 13.1. The maximum absolute atomic E-state index is 13.2. The largest absolute Gasteiger partial charge is 0.492 e. The third kappa shape index (κ3) is 6.03. The highest BCUT2D eigenvalue weighted by molar-refractivity contribution is 5.97. The molecule has 0 bridgehead atoms. The standard InChI is InChI=1S/C21H32N2O3/c1-7-25-19-10-9-18(11-17(19)14-22)23-20(24)21(26-8-2,12-15(3)4)13-16(5)6/h9-11,15-16H,7-8,12-13H2,1-6H3,(H,23,24). The van der Waals surface area contributed by atoms with Crippen LogP contribution in [0.5, 0.6) is 5.75 Å². The number of nitrogens with zero attached hydrogens (tertiary/aromatic N) is 1. The van der Waals surface area contributed by atoms with Crippen molar-refractivity contribution in [3.63, 3.8) is 0 Å². The van der Waals surface area contributed by atoms with Gasteiger partial charge in [-0.2, -0.15) is 5.26 Å². The van der Waals surface area contributed by atoms with Crippen molar-refractivity contribution < 1.29 is 14.3 Å². The molecule has 0 saturated heterocycles. The van der Waals surface area contributed by atoms with E-state index in [9.17, 15) is 10.1 Å². The van der Waals surface area contributed by atoms with Crippen molar-refractivity contribution >= 4 is 11.6 Å². The number of nitriles is 1. The third-order valence-corrected chi connectivity index (χ3v) is 3.97. The highest BCUT2D eigenvalue weighted by Gasteiger charge is 2.40. The van der Waals surface area contributed by atoms with Crippen LogP contribution in [0.4, 0.5) is 5.69 Å². The topological polar surface area (TPSA) is 71.3 Å². The molecular weight excluding hydrogens is 328 g/mol. The first-order chi connectivity index (χ1) is 12.3. The molecule has 0 aliphatic heterocycles. The molecular formula is C21H32N2O3. The molecule has 0 spiro atoms. The zero-order valence-corrected chi connectivity index (χ0v) is 16.9. The molecule has 144 valence electrons. The summed E-state index contributed by atoms with van der Waals surface area (Å²) in [6, 6.07) is 7.23. The van der Waals surface area contributed by atoms with E-state index in [1.165, 1.54) is 0 Å². The first kappa shape index (κ1) is 22.0. The van der Waals surface area contributed by atoms with Gasteiger partial charge in [-0.25, -0.2) is 0 Å². The van der Waals surface area contributed by atoms with Gasteiger partial charge in [0, 0.05) is 12.3 Å². The zero-order valence-electron chi connectivity index (χ0n) is 16.9. The molecule has 1 aromatic carbocycles. The summed E-state index contributed by atoms with van der Waals surface area (Å²) in [6.07, 6.45) is 1.29. The normalized spacial score (nSPS) is 11.5. The first-order valence-corrected chi connectivity index (χ1v) is 9.40. The van der Waals surface area contributed by atoms with Crippen LogP contribution in [-0.2, 0) is 9.53 Å². The summed E-state index contributed by atoms with van der Waals surface area (Å²) in [5.41, 5.74) is 0.105. The fraction of sp³-hybridized carbons (Fsp3) is 0.619. The average molecular weight is 360 g/mol. The van der Waals surface area contributed by atoms with Crippen LogP contribution in [-0.4, -0.2) is 24.7 Å². The molecule has 0 radical (unpaired) electrons. The van der Waals surface area contributed by atoms with Gasteiger partial charge in [0.25, 0.3) is 5.91 Å². The number of hydrogen-bond donors (Lipinski definition) is 1. The Morgan fingerprint density at radius 2 is 1.77 bits per heavy atom. The number of anilines is 1. The molecule has 5 heteroatoms. The molecule has 26 heavy (non-hydrogen) atoms. The Morgan fingerprint density at radius 1 is 1.15 bits per heavy atom. The van der Waals surface area contributed by atoms with Crippen LogP contribution >= 0.6 is 0 Å². The van der Waals surface area contributed by atoms with Gasteiger partial charge < -0.3 is 14.8 Å². The lowest BCUT2D eigenvalue weighted by Gasteiger charge is -2.35. The van der Waals surface area contributed by atoms with E-state index in [4.69, 9.17) is 9.47 Å². The molecule has 5 nitrogen and oxygen atoms in total. The smallest absolute Gasteiger partial charge is 0.256 e. The van der Waals surface area contributed by atoms with E-state index < -0.39 is 5.60 Å². The molecule has 0 atom stereocenters. The van der Waals surface area contributed by atoms with E-state index in [0.717, 1.165) is 0 Å². The molecule has 1 amide bonds. The summed E-state index contributed by atoms with van der Waals surface area (Å²) in [5, 5.41) is 12.3. The van der Waals surface area contributed by atoms with E-state index in [1.807, 2.05) is 13.8 Å². The second-order valence-corrected chi connectivity index (χ2v) is 7.33. The number of carbonyl (C=O) groups is 1. The molecule has 0 fully saturated rings. The molecule has 0 aromatic heterocycles. The minimum Gasteiger partial charge on any atom is -0.492 e. The van der Waals surface area contributed by atoms with Crippen LogP contribution in [0.15, 0.2) is 18.2 Å². The van der Waals surface area contributed by atoms with Gasteiger partial charge in [-0.05, 0) is 56.7 Å². The summed E-state index contributed by atoms with van der Waals surface area (Å²) in [4.78, 5) is 13.2. The lowest BCUT2D eigenvalue weighted by Crippen LogP contribution is -2.47. The van der Waals surface area contributed by atoms with E-state index in [0.29, 0.717) is 54.9 Å². The Kier molecular flexibility index (Phi) is 8.60. The minimum atomic E-state index is -0.873. The third-order valence-electron chi connectivity index (χ3n) is 3.97. The van der Waals surface area contributed by atoms with Crippen LogP contribution < -0.4 is 10.1 Å². The highest BCUT2D eigenvalue weighted by atomic mass is 16.5. The predicted molar refractivity (Wildman–Crippen MR) is 104 cm³/mol. The predicted octanol–water partition coefficient (Wildman–Crippen LogP) is 4.76. The molecule has 0 saturated carbocycles. The fourth-order valence-electron chi connectivity index (χ4n) is 3.27. The summed E-state index contributed by atoms with van der Waals surface area (Å²) >= 11 is 0. The number of hydrogen-bond acceptors (Lipinski definition) is 4. The maximum Gasteiger partial charge on any atom is 0.256 e.